The van der Waals surface area contributed by atoms with Gasteiger partial charge in [-0.1, -0.05) is 36.6 Å². The van der Waals surface area contributed by atoms with Gasteiger partial charge in [-0.3, -0.25) is 0 Å². The minimum atomic E-state index is -0.666. The summed E-state index contributed by atoms with van der Waals surface area (Å²) in [5.41, 5.74) is 0.668. The molecule has 2 rings (SSSR count). The minimum absolute atomic E-state index is 0.0898. The molecule has 20 heavy (non-hydrogen) atoms. The van der Waals surface area contributed by atoms with Crippen LogP contribution in [0.4, 0.5) is 5.69 Å². The zero-order chi connectivity index (χ0) is 14.5. The van der Waals surface area contributed by atoms with Gasteiger partial charge in [0.2, 0.25) is 0 Å². The number of carbonyl (C=O) groups is 1. The molecule has 0 atom stereocenters. The van der Waals surface area contributed by atoms with E-state index in [2.05, 4.69) is 11.8 Å². The molecule has 100 valence electrons. The molecule has 5 nitrogen and oxygen atoms in total. The maximum Gasteiger partial charge on any atom is 0.343 e. The van der Waals surface area contributed by atoms with Crippen LogP contribution < -0.4 is 9.84 Å². The third-order valence-electron chi connectivity index (χ3n) is 2.62. The normalized spacial score (nSPS) is 9.80. The predicted octanol–water partition coefficient (Wildman–Crippen LogP) is 3.02. The Hall–Kier alpha value is -2.95. The molecule has 0 N–H and O–H groups in total. The first kappa shape index (κ1) is 13.5. The molecular formula is C15H10NO4-. The fraction of sp³-hybridized carbons (Fsp3) is 0. The first-order chi connectivity index (χ1) is 9.63. The van der Waals surface area contributed by atoms with Crippen molar-refractivity contribution in [1.82, 2.24) is 0 Å². The van der Waals surface area contributed by atoms with Crippen molar-refractivity contribution in [2.24, 2.45) is 5.18 Å². The van der Waals surface area contributed by atoms with Crippen molar-refractivity contribution in [3.63, 3.8) is 0 Å². The second-order valence-electron chi connectivity index (χ2n) is 3.94. The van der Waals surface area contributed by atoms with Gasteiger partial charge in [0.15, 0.2) is 0 Å². The van der Waals surface area contributed by atoms with Crippen molar-refractivity contribution in [2.75, 3.05) is 0 Å². The van der Waals surface area contributed by atoms with E-state index < -0.39 is 11.7 Å². The summed E-state index contributed by atoms with van der Waals surface area (Å²) in [7, 11) is 0. The lowest BCUT2D eigenvalue weighted by molar-refractivity contribution is -0.267. The Labute approximate surface area is 115 Å². The van der Waals surface area contributed by atoms with E-state index in [1.54, 1.807) is 30.3 Å². The molecule has 0 aliphatic heterocycles. The lowest BCUT2D eigenvalue weighted by atomic mass is 10.2. The largest absolute Gasteiger partial charge is 0.871 e. The number of rotatable bonds is 4. The fourth-order valence-electron chi connectivity index (χ4n) is 1.55. The molecule has 0 aliphatic carbocycles. The van der Waals surface area contributed by atoms with E-state index in [9.17, 15) is 14.8 Å². The quantitative estimate of drug-likeness (QED) is 0.485. The standard InChI is InChI=1S/C15H11NO4/c1-2-10-3-6-12(7-4-10)20-15(18)11-5-8-14(17)13(9-11)16-19/h2-9,17H,1H2/p-1. The maximum atomic E-state index is 11.9. The highest BCUT2D eigenvalue weighted by Crippen LogP contribution is 2.25. The Bertz CT molecular complexity index is 662. The Kier molecular flexibility index (Phi) is 3.91. The van der Waals surface area contributed by atoms with E-state index in [0.717, 1.165) is 17.7 Å². The van der Waals surface area contributed by atoms with Crippen LogP contribution in [0.2, 0.25) is 0 Å². The van der Waals surface area contributed by atoms with Crippen molar-refractivity contribution >= 4 is 17.7 Å². The van der Waals surface area contributed by atoms with Crippen LogP contribution in [0.25, 0.3) is 6.08 Å². The molecule has 0 fully saturated rings. The van der Waals surface area contributed by atoms with Crippen LogP contribution in [0.3, 0.4) is 0 Å². The van der Waals surface area contributed by atoms with Crippen molar-refractivity contribution < 1.29 is 14.6 Å². The van der Waals surface area contributed by atoms with Crippen LogP contribution in [-0.2, 0) is 0 Å². The number of hydrogen-bond acceptors (Lipinski definition) is 5. The van der Waals surface area contributed by atoms with Gasteiger partial charge in [0.1, 0.15) is 11.4 Å². The summed E-state index contributed by atoms with van der Waals surface area (Å²) in [6, 6.07) is 10.2. The maximum absolute atomic E-state index is 11.9. The molecule has 0 unspecified atom stereocenters. The Morgan fingerprint density at radius 3 is 2.50 bits per heavy atom. The molecular weight excluding hydrogens is 258 g/mol. The molecule has 0 heterocycles. The van der Waals surface area contributed by atoms with Gasteiger partial charge in [-0.05, 0) is 35.0 Å². The van der Waals surface area contributed by atoms with Gasteiger partial charge in [0.25, 0.3) is 0 Å². The summed E-state index contributed by atoms with van der Waals surface area (Å²) in [6.07, 6.45) is 1.67. The summed E-state index contributed by atoms with van der Waals surface area (Å²) >= 11 is 0. The highest BCUT2D eigenvalue weighted by molar-refractivity contribution is 5.92. The van der Waals surface area contributed by atoms with Gasteiger partial charge in [-0.25, -0.2) is 4.79 Å². The monoisotopic (exact) mass is 268 g/mol. The number of nitroso groups, excluding NO2 is 1. The van der Waals surface area contributed by atoms with Crippen molar-refractivity contribution in [3.05, 3.63) is 65.1 Å². The lowest BCUT2D eigenvalue weighted by Gasteiger charge is -2.09. The van der Waals surface area contributed by atoms with Gasteiger partial charge >= 0.3 is 5.97 Å². The third kappa shape index (κ3) is 2.89. The smallest absolute Gasteiger partial charge is 0.343 e. The summed E-state index contributed by atoms with van der Waals surface area (Å²) in [5.74, 6) is -0.847. The molecule has 5 heteroatoms. The number of esters is 1. The molecule has 0 amide bonds. The van der Waals surface area contributed by atoms with Crippen molar-refractivity contribution in [3.8, 4) is 11.5 Å². The highest BCUT2D eigenvalue weighted by Gasteiger charge is 2.10. The second kappa shape index (κ2) is 5.79. The van der Waals surface area contributed by atoms with E-state index in [1.807, 2.05) is 0 Å². The van der Waals surface area contributed by atoms with Crippen LogP contribution in [-0.4, -0.2) is 5.97 Å². The van der Waals surface area contributed by atoms with Crippen LogP contribution in [0.5, 0.6) is 11.5 Å². The molecule has 0 aliphatic rings. The van der Waals surface area contributed by atoms with Crippen LogP contribution in [0.15, 0.2) is 54.2 Å². The molecule has 0 bridgehead atoms. The molecule has 0 saturated heterocycles. The second-order valence-corrected chi connectivity index (χ2v) is 3.94. The number of benzene rings is 2. The van der Waals surface area contributed by atoms with Gasteiger partial charge in [0, 0.05) is 0 Å². The lowest BCUT2D eigenvalue weighted by Crippen LogP contribution is -2.08. The van der Waals surface area contributed by atoms with E-state index in [-0.39, 0.29) is 11.3 Å². The molecule has 2 aromatic rings. The Morgan fingerprint density at radius 1 is 1.20 bits per heavy atom. The predicted molar refractivity (Wildman–Crippen MR) is 72.8 cm³/mol. The van der Waals surface area contributed by atoms with Gasteiger partial charge in [0.05, 0.1) is 5.56 Å². The molecule has 0 radical (unpaired) electrons. The van der Waals surface area contributed by atoms with E-state index in [1.165, 1.54) is 6.07 Å². The third-order valence-corrected chi connectivity index (χ3v) is 2.62. The number of ether oxygens (including phenoxy) is 1. The number of hydrogen-bond donors (Lipinski definition) is 0. The SMILES string of the molecule is C=Cc1ccc(OC(=O)c2ccc([O-])c(N=O)c2)cc1. The first-order valence-electron chi connectivity index (χ1n) is 5.73. The van der Waals surface area contributed by atoms with Crippen LogP contribution in [0.1, 0.15) is 15.9 Å². The van der Waals surface area contributed by atoms with Gasteiger partial charge in [-0.15, -0.1) is 4.91 Å². The minimum Gasteiger partial charge on any atom is -0.871 e. The summed E-state index contributed by atoms with van der Waals surface area (Å²) < 4.78 is 5.12. The number of carbonyl (C=O) groups excluding carboxylic acids is 1. The van der Waals surface area contributed by atoms with Gasteiger partial charge in [-0.2, -0.15) is 0 Å². The summed E-state index contributed by atoms with van der Waals surface area (Å²) in [4.78, 5) is 22.3. The molecule has 0 aromatic heterocycles. The molecule has 0 spiro atoms. The van der Waals surface area contributed by atoms with E-state index >= 15 is 0 Å². The van der Waals surface area contributed by atoms with E-state index in [0.29, 0.717) is 5.75 Å². The fourth-order valence-corrected chi connectivity index (χ4v) is 1.55. The zero-order valence-corrected chi connectivity index (χ0v) is 10.4. The van der Waals surface area contributed by atoms with Crippen molar-refractivity contribution in [2.45, 2.75) is 0 Å². The zero-order valence-electron chi connectivity index (χ0n) is 10.4. The Balaban J connectivity index is 2.18. The van der Waals surface area contributed by atoms with Crippen molar-refractivity contribution in [1.29, 1.82) is 0 Å². The highest BCUT2D eigenvalue weighted by atomic mass is 16.5. The molecule has 2 aromatic carbocycles. The topological polar surface area (TPSA) is 78.8 Å². The Morgan fingerprint density at radius 2 is 1.90 bits per heavy atom. The average Bonchev–Trinajstić information content (AvgIpc) is 2.48. The summed E-state index contributed by atoms with van der Waals surface area (Å²) in [5, 5.41) is 13.8. The van der Waals surface area contributed by atoms with Crippen LogP contribution in [0, 0.1) is 4.91 Å². The van der Waals surface area contributed by atoms with E-state index in [4.69, 9.17) is 4.74 Å². The van der Waals surface area contributed by atoms with Crippen LogP contribution >= 0.6 is 0 Å². The summed E-state index contributed by atoms with van der Waals surface area (Å²) in [6.45, 7) is 3.62. The first-order valence-corrected chi connectivity index (χ1v) is 5.73. The van der Waals surface area contributed by atoms with Gasteiger partial charge < -0.3 is 9.84 Å². The average molecular weight is 268 g/mol. The molecule has 0 saturated carbocycles. The number of nitrogens with zero attached hydrogens (tertiary/aromatic N) is 1.